The number of benzene rings is 3. The first kappa shape index (κ1) is 21.2. The molecule has 156 valence electrons. The van der Waals surface area contributed by atoms with Crippen LogP contribution in [0.5, 0.6) is 5.75 Å². The smallest absolute Gasteiger partial charge is 0.124 e. The zero-order valence-electron chi connectivity index (χ0n) is 17.2. The largest absolute Gasteiger partial charge is 0.497 e. The quantitative estimate of drug-likeness (QED) is 0.223. The number of thioether (sulfide) groups is 1. The standard InChI is InChI=1S/C26H23NO2S2/c1-28-22-13-9-20(10-14-22)19-7-11-21(12-8-19)27-17-23-15-25(30)16-24(29-23)18-31-26-5-3-2-4-6-26/h2-16,27H,17-18H2,1H3. The fourth-order valence-corrected chi connectivity index (χ4v) is 4.23. The van der Waals surface area contributed by atoms with Gasteiger partial charge in [-0.2, -0.15) is 0 Å². The van der Waals surface area contributed by atoms with Crippen molar-refractivity contribution >= 4 is 29.7 Å². The molecule has 0 fully saturated rings. The lowest BCUT2D eigenvalue weighted by Crippen LogP contribution is -2.00. The van der Waals surface area contributed by atoms with Crippen molar-refractivity contribution in [3.05, 3.63) is 107 Å². The summed E-state index contributed by atoms with van der Waals surface area (Å²) in [5.74, 6) is 3.32. The van der Waals surface area contributed by atoms with Crippen LogP contribution in [0.1, 0.15) is 11.5 Å². The van der Waals surface area contributed by atoms with Gasteiger partial charge in [-0.3, -0.25) is 0 Å². The topological polar surface area (TPSA) is 34.4 Å². The number of nitrogens with one attached hydrogen (secondary N) is 1. The lowest BCUT2D eigenvalue weighted by atomic mass is 10.1. The predicted molar refractivity (Wildman–Crippen MR) is 131 cm³/mol. The highest BCUT2D eigenvalue weighted by Crippen LogP contribution is 2.25. The summed E-state index contributed by atoms with van der Waals surface area (Å²) in [5.41, 5.74) is 3.34. The number of ether oxygens (including phenoxy) is 1. The normalized spacial score (nSPS) is 10.6. The summed E-state index contributed by atoms with van der Waals surface area (Å²) in [6, 6.07) is 30.5. The van der Waals surface area contributed by atoms with Crippen LogP contribution in [-0.2, 0) is 12.3 Å². The van der Waals surface area contributed by atoms with Crippen LogP contribution in [0, 0.1) is 4.51 Å². The molecule has 3 aromatic carbocycles. The van der Waals surface area contributed by atoms with Gasteiger partial charge in [0, 0.05) is 15.1 Å². The van der Waals surface area contributed by atoms with Crippen LogP contribution in [0.15, 0.2) is 100 Å². The molecule has 3 nitrogen and oxygen atoms in total. The molecule has 31 heavy (non-hydrogen) atoms. The zero-order valence-corrected chi connectivity index (χ0v) is 18.8. The highest BCUT2D eigenvalue weighted by atomic mass is 32.2. The maximum Gasteiger partial charge on any atom is 0.124 e. The van der Waals surface area contributed by atoms with Crippen molar-refractivity contribution < 1.29 is 9.15 Å². The molecule has 0 amide bonds. The molecule has 0 atom stereocenters. The molecular weight excluding hydrogens is 422 g/mol. The zero-order chi connectivity index (χ0) is 21.5. The Bertz CT molecular complexity index is 1170. The van der Waals surface area contributed by atoms with Gasteiger partial charge in [-0.1, -0.05) is 54.7 Å². The first-order valence-corrected chi connectivity index (χ1v) is 11.4. The number of methoxy groups -OCH3 is 1. The van der Waals surface area contributed by atoms with Crippen LogP contribution in [0.3, 0.4) is 0 Å². The molecule has 0 aliphatic heterocycles. The van der Waals surface area contributed by atoms with E-state index in [1.54, 1.807) is 18.9 Å². The van der Waals surface area contributed by atoms with E-state index in [0.29, 0.717) is 6.54 Å². The Balaban J connectivity index is 1.38. The van der Waals surface area contributed by atoms with Crippen molar-refractivity contribution in [3.8, 4) is 16.9 Å². The lowest BCUT2D eigenvalue weighted by molar-refractivity contribution is 0.415. The second kappa shape index (κ2) is 10.3. The summed E-state index contributed by atoms with van der Waals surface area (Å²) in [5, 5.41) is 3.42. The van der Waals surface area contributed by atoms with Gasteiger partial charge < -0.3 is 14.5 Å². The van der Waals surface area contributed by atoms with Crippen LogP contribution in [-0.4, -0.2) is 7.11 Å². The maximum atomic E-state index is 6.05. The van der Waals surface area contributed by atoms with Crippen molar-refractivity contribution in [1.82, 2.24) is 0 Å². The first-order valence-electron chi connectivity index (χ1n) is 9.99. The average Bonchev–Trinajstić information content (AvgIpc) is 2.82. The Morgan fingerprint density at radius 3 is 2.16 bits per heavy atom. The first-order chi connectivity index (χ1) is 15.2. The summed E-state index contributed by atoms with van der Waals surface area (Å²) in [7, 11) is 1.68. The molecule has 0 bridgehead atoms. The Kier molecular flexibility index (Phi) is 7.07. The average molecular weight is 446 g/mol. The second-order valence-corrected chi connectivity index (χ2v) is 8.51. The minimum atomic E-state index is 0.579. The molecule has 1 heterocycles. The van der Waals surface area contributed by atoms with E-state index >= 15 is 0 Å². The summed E-state index contributed by atoms with van der Waals surface area (Å²) in [6.45, 7) is 0.579. The van der Waals surface area contributed by atoms with E-state index in [-0.39, 0.29) is 0 Å². The fraction of sp³-hybridized carbons (Fsp3) is 0.115. The van der Waals surface area contributed by atoms with Crippen molar-refractivity contribution in [2.45, 2.75) is 17.2 Å². The van der Waals surface area contributed by atoms with E-state index < -0.39 is 0 Å². The molecule has 0 aliphatic rings. The Morgan fingerprint density at radius 1 is 0.839 bits per heavy atom. The molecule has 1 aromatic heterocycles. The van der Waals surface area contributed by atoms with Gasteiger partial charge in [0.05, 0.1) is 19.4 Å². The Hall–Kier alpha value is -3.02. The molecule has 0 radical (unpaired) electrons. The maximum absolute atomic E-state index is 6.05. The molecular formula is C26H23NO2S2. The van der Waals surface area contributed by atoms with Crippen LogP contribution >= 0.6 is 24.0 Å². The predicted octanol–water partition coefficient (Wildman–Crippen LogP) is 7.59. The van der Waals surface area contributed by atoms with Crippen molar-refractivity contribution in [1.29, 1.82) is 0 Å². The van der Waals surface area contributed by atoms with Gasteiger partial charge in [0.2, 0.25) is 0 Å². The van der Waals surface area contributed by atoms with E-state index in [2.05, 4.69) is 53.8 Å². The third-order valence-corrected chi connectivity index (χ3v) is 6.04. The molecule has 0 saturated carbocycles. The molecule has 4 aromatic rings. The van der Waals surface area contributed by atoms with Crippen LogP contribution < -0.4 is 10.1 Å². The summed E-state index contributed by atoms with van der Waals surface area (Å²) >= 11 is 7.17. The van der Waals surface area contributed by atoms with E-state index in [4.69, 9.17) is 21.4 Å². The third kappa shape index (κ3) is 6.00. The van der Waals surface area contributed by atoms with Crippen molar-refractivity contribution in [2.75, 3.05) is 12.4 Å². The summed E-state index contributed by atoms with van der Waals surface area (Å²) in [4.78, 5) is 1.21. The van der Waals surface area contributed by atoms with Gasteiger partial charge in [-0.05, 0) is 59.7 Å². The molecule has 0 spiro atoms. The van der Waals surface area contributed by atoms with Gasteiger partial charge in [0.1, 0.15) is 17.3 Å². The van der Waals surface area contributed by atoms with Crippen LogP contribution in [0.4, 0.5) is 5.69 Å². The molecule has 0 aliphatic carbocycles. The minimum absolute atomic E-state index is 0.579. The molecule has 5 heteroatoms. The molecule has 1 N–H and O–H groups in total. The number of hydrogen-bond donors (Lipinski definition) is 1. The highest BCUT2D eigenvalue weighted by molar-refractivity contribution is 7.98. The van der Waals surface area contributed by atoms with Crippen molar-refractivity contribution in [3.63, 3.8) is 0 Å². The van der Waals surface area contributed by atoms with E-state index in [1.165, 1.54) is 4.90 Å². The highest BCUT2D eigenvalue weighted by Gasteiger charge is 2.04. The van der Waals surface area contributed by atoms with Crippen LogP contribution in [0.2, 0.25) is 0 Å². The molecule has 0 unspecified atom stereocenters. The van der Waals surface area contributed by atoms with Gasteiger partial charge in [-0.25, -0.2) is 0 Å². The Labute approximate surface area is 192 Å². The van der Waals surface area contributed by atoms with Gasteiger partial charge >= 0.3 is 0 Å². The summed E-state index contributed by atoms with van der Waals surface area (Å²) in [6.07, 6.45) is 0. The molecule has 4 rings (SSSR count). The van der Waals surface area contributed by atoms with E-state index in [1.807, 2.05) is 42.5 Å². The second-order valence-electron chi connectivity index (χ2n) is 6.99. The van der Waals surface area contributed by atoms with Crippen LogP contribution in [0.25, 0.3) is 11.1 Å². The monoisotopic (exact) mass is 445 g/mol. The van der Waals surface area contributed by atoms with Gasteiger partial charge in [-0.15, -0.1) is 11.8 Å². The fourth-order valence-electron chi connectivity index (χ4n) is 3.17. The number of hydrogen-bond acceptors (Lipinski definition) is 5. The van der Waals surface area contributed by atoms with Gasteiger partial charge in [0.15, 0.2) is 0 Å². The summed E-state index contributed by atoms with van der Waals surface area (Å²) < 4.78 is 12.1. The number of anilines is 1. The van der Waals surface area contributed by atoms with E-state index in [9.17, 15) is 0 Å². The van der Waals surface area contributed by atoms with Crippen molar-refractivity contribution in [2.24, 2.45) is 0 Å². The molecule has 0 saturated heterocycles. The lowest BCUT2D eigenvalue weighted by Gasteiger charge is -2.09. The minimum Gasteiger partial charge on any atom is -0.497 e. The third-order valence-electron chi connectivity index (χ3n) is 4.77. The number of rotatable bonds is 8. The van der Waals surface area contributed by atoms with E-state index in [0.717, 1.165) is 44.3 Å². The van der Waals surface area contributed by atoms with Gasteiger partial charge in [0.25, 0.3) is 0 Å². The Morgan fingerprint density at radius 2 is 1.48 bits per heavy atom. The SMILES string of the molecule is COc1ccc(-c2ccc(NCc3cc(=S)cc(CSc4ccccc4)o3)cc2)cc1.